The molecule has 1 heterocycles. The van der Waals surface area contributed by atoms with E-state index in [0.717, 1.165) is 25.0 Å². The number of nitrogens with two attached hydrogens (primary N) is 1. The second-order valence-electron chi connectivity index (χ2n) is 5.53. The maximum atomic E-state index is 6.04. The molecule has 2 nitrogen and oxygen atoms in total. The van der Waals surface area contributed by atoms with Crippen LogP contribution in [0.3, 0.4) is 0 Å². The summed E-state index contributed by atoms with van der Waals surface area (Å²) >= 11 is 1.80. The minimum Gasteiger partial charge on any atom is -0.329 e. The summed E-state index contributed by atoms with van der Waals surface area (Å²) in [4.78, 5) is 2.70. The molecule has 1 aromatic heterocycles. The van der Waals surface area contributed by atoms with Gasteiger partial charge in [-0.2, -0.15) is 11.3 Å². The van der Waals surface area contributed by atoms with Crippen molar-refractivity contribution in [3.63, 3.8) is 0 Å². The van der Waals surface area contributed by atoms with E-state index < -0.39 is 0 Å². The molecule has 2 saturated carbocycles. The van der Waals surface area contributed by atoms with Crippen LogP contribution in [0.1, 0.15) is 37.7 Å². The molecule has 0 amide bonds. The third kappa shape index (κ3) is 2.56. The van der Waals surface area contributed by atoms with E-state index in [1.54, 1.807) is 11.3 Å². The Hall–Kier alpha value is -0.380. The molecule has 0 radical (unpaired) electrons. The van der Waals surface area contributed by atoms with Gasteiger partial charge in [0.1, 0.15) is 0 Å². The lowest BCUT2D eigenvalue weighted by atomic mass is 9.79. The number of hydrogen-bond donors (Lipinski definition) is 1. The molecule has 0 bridgehead atoms. The van der Waals surface area contributed by atoms with Crippen molar-refractivity contribution in [1.29, 1.82) is 0 Å². The number of rotatable bonds is 6. The molecular formula is C14H22N2S. The van der Waals surface area contributed by atoms with E-state index in [4.69, 9.17) is 5.73 Å². The smallest absolute Gasteiger partial charge is 0.0253 e. The van der Waals surface area contributed by atoms with Gasteiger partial charge >= 0.3 is 0 Å². The standard InChI is InChI=1S/C14H22N2S/c15-8-14(12-2-1-3-12)16(13-4-5-13)9-11-6-7-17-10-11/h6-7,10,12-14H,1-5,8-9,15H2. The van der Waals surface area contributed by atoms with Crippen molar-refractivity contribution in [1.82, 2.24) is 4.90 Å². The second kappa shape index (κ2) is 5.09. The summed E-state index contributed by atoms with van der Waals surface area (Å²) in [6.07, 6.45) is 6.97. The van der Waals surface area contributed by atoms with E-state index in [1.807, 2.05) is 0 Å². The molecule has 0 saturated heterocycles. The van der Waals surface area contributed by atoms with Gasteiger partial charge < -0.3 is 5.73 Å². The molecule has 3 heteroatoms. The number of nitrogens with zero attached hydrogens (tertiary/aromatic N) is 1. The Bertz CT molecular complexity index is 341. The maximum absolute atomic E-state index is 6.04. The Kier molecular flexibility index (Phi) is 3.50. The molecule has 1 atom stereocenters. The SMILES string of the molecule is NCC(C1CCC1)N(Cc1ccsc1)C1CC1. The van der Waals surface area contributed by atoms with Crippen LogP contribution in [0.15, 0.2) is 16.8 Å². The molecule has 2 aliphatic rings. The van der Waals surface area contributed by atoms with Crippen molar-refractivity contribution < 1.29 is 0 Å². The molecular weight excluding hydrogens is 228 g/mol. The van der Waals surface area contributed by atoms with E-state index >= 15 is 0 Å². The predicted molar refractivity (Wildman–Crippen MR) is 73.1 cm³/mol. The minimum atomic E-state index is 0.635. The van der Waals surface area contributed by atoms with Crippen LogP contribution < -0.4 is 5.73 Å². The van der Waals surface area contributed by atoms with Crippen LogP contribution in [0, 0.1) is 5.92 Å². The monoisotopic (exact) mass is 250 g/mol. The van der Waals surface area contributed by atoms with E-state index in [-0.39, 0.29) is 0 Å². The second-order valence-corrected chi connectivity index (χ2v) is 6.31. The normalized spacial score (nSPS) is 22.7. The fourth-order valence-electron chi connectivity index (χ4n) is 2.94. The van der Waals surface area contributed by atoms with Crippen molar-refractivity contribution >= 4 is 11.3 Å². The van der Waals surface area contributed by atoms with Gasteiger partial charge in [0.15, 0.2) is 0 Å². The van der Waals surface area contributed by atoms with Gasteiger partial charge in [0.2, 0.25) is 0 Å². The Morgan fingerprint density at radius 1 is 1.35 bits per heavy atom. The van der Waals surface area contributed by atoms with Gasteiger partial charge in [-0.15, -0.1) is 0 Å². The molecule has 94 valence electrons. The highest BCUT2D eigenvalue weighted by Crippen LogP contribution is 2.38. The van der Waals surface area contributed by atoms with Crippen LogP contribution in [0.2, 0.25) is 0 Å². The quantitative estimate of drug-likeness (QED) is 0.841. The van der Waals surface area contributed by atoms with Gasteiger partial charge in [0.25, 0.3) is 0 Å². The van der Waals surface area contributed by atoms with Crippen molar-refractivity contribution in [3.8, 4) is 0 Å². The highest BCUT2D eigenvalue weighted by Gasteiger charge is 2.38. The molecule has 17 heavy (non-hydrogen) atoms. The zero-order valence-corrected chi connectivity index (χ0v) is 11.2. The van der Waals surface area contributed by atoms with Gasteiger partial charge in [0, 0.05) is 25.2 Å². The number of hydrogen-bond acceptors (Lipinski definition) is 3. The fraction of sp³-hybridized carbons (Fsp3) is 0.714. The van der Waals surface area contributed by atoms with Crippen LogP contribution in [0.5, 0.6) is 0 Å². The number of thiophene rings is 1. The summed E-state index contributed by atoms with van der Waals surface area (Å²) in [5.74, 6) is 0.874. The Morgan fingerprint density at radius 3 is 2.65 bits per heavy atom. The minimum absolute atomic E-state index is 0.635. The van der Waals surface area contributed by atoms with Crippen molar-refractivity contribution in [3.05, 3.63) is 22.4 Å². The molecule has 0 spiro atoms. The predicted octanol–water partition coefficient (Wildman–Crippen LogP) is 2.84. The van der Waals surface area contributed by atoms with Crippen LogP contribution in [-0.4, -0.2) is 23.5 Å². The van der Waals surface area contributed by atoms with Gasteiger partial charge in [-0.05, 0) is 54.0 Å². The largest absolute Gasteiger partial charge is 0.329 e. The molecule has 1 unspecified atom stereocenters. The first-order valence-electron chi connectivity index (χ1n) is 6.85. The Labute approximate surface area is 108 Å². The molecule has 2 aliphatic carbocycles. The zero-order chi connectivity index (χ0) is 11.7. The van der Waals surface area contributed by atoms with E-state index in [2.05, 4.69) is 21.7 Å². The Morgan fingerprint density at radius 2 is 2.18 bits per heavy atom. The summed E-state index contributed by atoms with van der Waals surface area (Å²) in [6, 6.07) is 3.72. The van der Waals surface area contributed by atoms with Crippen LogP contribution in [-0.2, 0) is 6.54 Å². The summed E-state index contributed by atoms with van der Waals surface area (Å²) in [5.41, 5.74) is 7.51. The first kappa shape index (κ1) is 11.7. The average Bonchev–Trinajstić information content (AvgIpc) is 2.99. The van der Waals surface area contributed by atoms with Gasteiger partial charge in [0.05, 0.1) is 0 Å². The first-order chi connectivity index (χ1) is 8.38. The Balaban J connectivity index is 1.69. The molecule has 2 N–H and O–H groups in total. The van der Waals surface area contributed by atoms with E-state index in [0.29, 0.717) is 6.04 Å². The van der Waals surface area contributed by atoms with E-state index in [1.165, 1.54) is 37.7 Å². The molecule has 2 fully saturated rings. The molecule has 1 aromatic rings. The van der Waals surface area contributed by atoms with Crippen LogP contribution in [0.4, 0.5) is 0 Å². The van der Waals surface area contributed by atoms with Crippen molar-refractivity contribution in [2.75, 3.05) is 6.54 Å². The molecule has 0 aromatic carbocycles. The van der Waals surface area contributed by atoms with Crippen LogP contribution in [0.25, 0.3) is 0 Å². The summed E-state index contributed by atoms with van der Waals surface area (Å²) in [7, 11) is 0. The van der Waals surface area contributed by atoms with Crippen molar-refractivity contribution in [2.24, 2.45) is 11.7 Å². The van der Waals surface area contributed by atoms with Gasteiger partial charge in [-0.25, -0.2) is 0 Å². The van der Waals surface area contributed by atoms with Gasteiger partial charge in [-0.3, -0.25) is 4.90 Å². The lowest BCUT2D eigenvalue weighted by molar-refractivity contribution is 0.0869. The highest BCUT2D eigenvalue weighted by molar-refractivity contribution is 7.07. The summed E-state index contributed by atoms with van der Waals surface area (Å²) < 4.78 is 0. The molecule has 3 rings (SSSR count). The van der Waals surface area contributed by atoms with Crippen LogP contribution >= 0.6 is 11.3 Å². The third-order valence-electron chi connectivity index (χ3n) is 4.32. The first-order valence-corrected chi connectivity index (χ1v) is 7.79. The lowest BCUT2D eigenvalue weighted by Crippen LogP contribution is -2.48. The summed E-state index contributed by atoms with van der Waals surface area (Å²) in [6.45, 7) is 1.96. The highest BCUT2D eigenvalue weighted by atomic mass is 32.1. The maximum Gasteiger partial charge on any atom is 0.0253 e. The lowest BCUT2D eigenvalue weighted by Gasteiger charge is -2.41. The summed E-state index contributed by atoms with van der Waals surface area (Å²) in [5, 5.41) is 4.46. The molecule has 0 aliphatic heterocycles. The zero-order valence-electron chi connectivity index (χ0n) is 10.3. The average molecular weight is 250 g/mol. The third-order valence-corrected chi connectivity index (χ3v) is 5.05. The fourth-order valence-corrected chi connectivity index (χ4v) is 3.60. The van der Waals surface area contributed by atoms with Gasteiger partial charge in [-0.1, -0.05) is 6.42 Å². The van der Waals surface area contributed by atoms with Crippen molar-refractivity contribution in [2.45, 2.75) is 50.7 Å². The van der Waals surface area contributed by atoms with E-state index in [9.17, 15) is 0 Å². The topological polar surface area (TPSA) is 29.3 Å².